The van der Waals surface area contributed by atoms with Gasteiger partial charge in [-0.15, -0.1) is 0 Å². The molecule has 1 saturated heterocycles. The third-order valence-corrected chi connectivity index (χ3v) is 3.28. The molecule has 17 heavy (non-hydrogen) atoms. The molecule has 3 heteroatoms. The number of alkyl halides is 1. The third-order valence-electron chi connectivity index (χ3n) is 3.28. The van der Waals surface area contributed by atoms with E-state index >= 15 is 0 Å². The van der Waals surface area contributed by atoms with Crippen molar-refractivity contribution in [3.8, 4) is 0 Å². The third kappa shape index (κ3) is 3.27. The summed E-state index contributed by atoms with van der Waals surface area (Å²) in [5.41, 5.74) is 0.602. The zero-order valence-electron chi connectivity index (χ0n) is 10.5. The summed E-state index contributed by atoms with van der Waals surface area (Å²) in [7, 11) is 0. The average Bonchev–Trinajstić information content (AvgIpc) is 2.30. The van der Waals surface area contributed by atoms with Crippen LogP contribution in [-0.2, 0) is 10.4 Å². The number of aryl methyl sites for hydroxylation is 1. The number of benzene rings is 1. The second-order valence-electron chi connectivity index (χ2n) is 4.99. The molecule has 0 spiro atoms. The Morgan fingerprint density at radius 3 is 2.71 bits per heavy atom. The summed E-state index contributed by atoms with van der Waals surface area (Å²) in [5.74, 6) is 0. The molecule has 1 aliphatic heterocycles. The van der Waals surface area contributed by atoms with Gasteiger partial charge in [-0.2, -0.15) is 0 Å². The molecule has 0 amide bonds. The number of hydrogen-bond acceptors (Lipinski definition) is 2. The molecule has 2 rings (SSSR count). The van der Waals surface area contributed by atoms with Crippen molar-refractivity contribution in [2.45, 2.75) is 32.0 Å². The molecular formula is C14H20FNO. The lowest BCUT2D eigenvalue weighted by Gasteiger charge is -2.30. The van der Waals surface area contributed by atoms with E-state index in [2.05, 4.69) is 5.32 Å². The summed E-state index contributed by atoms with van der Waals surface area (Å²) in [4.78, 5) is 0. The van der Waals surface area contributed by atoms with Crippen LogP contribution >= 0.6 is 0 Å². The smallest absolute Gasteiger partial charge is 0.134 e. The van der Waals surface area contributed by atoms with Crippen molar-refractivity contribution >= 4 is 0 Å². The number of ether oxygens (including phenoxy) is 1. The van der Waals surface area contributed by atoms with Crippen LogP contribution in [-0.4, -0.2) is 25.8 Å². The molecule has 0 saturated carbocycles. The lowest BCUT2D eigenvalue weighted by molar-refractivity contribution is 0.0474. The van der Waals surface area contributed by atoms with Gasteiger partial charge in [-0.3, -0.25) is 0 Å². The van der Waals surface area contributed by atoms with E-state index in [1.165, 1.54) is 0 Å². The zero-order valence-corrected chi connectivity index (χ0v) is 10.5. The molecule has 1 aromatic carbocycles. The monoisotopic (exact) mass is 237 g/mol. The Balaban J connectivity index is 2.04. The molecule has 0 radical (unpaired) electrons. The van der Waals surface area contributed by atoms with Gasteiger partial charge in [-0.1, -0.05) is 29.8 Å². The standard InChI is InChI=1S/C14H20FNO/c1-11-3-5-12(6-4-11)14(2,15)9-13-10-17-8-7-16-13/h3-6,13,16H,7-10H2,1-2H3. The van der Waals surface area contributed by atoms with Crippen LogP contribution < -0.4 is 5.32 Å². The Bertz CT molecular complexity index is 355. The fourth-order valence-electron chi connectivity index (χ4n) is 2.23. The molecule has 2 atom stereocenters. The van der Waals surface area contributed by atoms with Crippen LogP contribution in [0.2, 0.25) is 0 Å². The number of hydrogen-bond donors (Lipinski definition) is 1. The summed E-state index contributed by atoms with van der Waals surface area (Å²) in [6.07, 6.45) is 0.454. The van der Waals surface area contributed by atoms with Crippen LogP contribution in [0.5, 0.6) is 0 Å². The van der Waals surface area contributed by atoms with Gasteiger partial charge in [-0.25, -0.2) is 4.39 Å². The summed E-state index contributed by atoms with van der Waals surface area (Å²) in [6, 6.07) is 7.77. The van der Waals surface area contributed by atoms with E-state index < -0.39 is 5.67 Å². The first-order valence-electron chi connectivity index (χ1n) is 6.15. The molecule has 0 aliphatic carbocycles. The van der Waals surface area contributed by atoms with Crippen molar-refractivity contribution in [2.24, 2.45) is 0 Å². The number of rotatable bonds is 3. The quantitative estimate of drug-likeness (QED) is 0.872. The Morgan fingerprint density at radius 1 is 1.41 bits per heavy atom. The summed E-state index contributed by atoms with van der Waals surface area (Å²) in [6.45, 7) is 5.80. The average molecular weight is 237 g/mol. The topological polar surface area (TPSA) is 21.3 Å². The van der Waals surface area contributed by atoms with Gasteiger partial charge in [0.05, 0.1) is 13.2 Å². The van der Waals surface area contributed by atoms with E-state index in [-0.39, 0.29) is 6.04 Å². The first-order valence-corrected chi connectivity index (χ1v) is 6.15. The molecule has 1 N–H and O–H groups in total. The van der Waals surface area contributed by atoms with Crippen molar-refractivity contribution < 1.29 is 9.13 Å². The van der Waals surface area contributed by atoms with Gasteiger partial charge in [0.15, 0.2) is 0 Å². The van der Waals surface area contributed by atoms with Gasteiger partial charge in [0, 0.05) is 19.0 Å². The minimum Gasteiger partial charge on any atom is -0.379 e. The predicted molar refractivity (Wildman–Crippen MR) is 66.9 cm³/mol. The summed E-state index contributed by atoms with van der Waals surface area (Å²) < 4.78 is 20.0. The van der Waals surface area contributed by atoms with Gasteiger partial charge < -0.3 is 10.1 Å². The molecule has 2 nitrogen and oxygen atoms in total. The predicted octanol–water partition coefficient (Wildman–Crippen LogP) is 2.56. The van der Waals surface area contributed by atoms with E-state index in [1.54, 1.807) is 6.92 Å². The first kappa shape index (κ1) is 12.5. The Kier molecular flexibility index (Phi) is 3.79. The second kappa shape index (κ2) is 5.15. The Labute approximate surface area is 102 Å². The lowest BCUT2D eigenvalue weighted by atomic mass is 9.90. The van der Waals surface area contributed by atoms with Gasteiger partial charge in [0.1, 0.15) is 5.67 Å². The maximum atomic E-state index is 14.6. The first-order chi connectivity index (χ1) is 8.08. The highest BCUT2D eigenvalue weighted by atomic mass is 19.1. The molecule has 1 aliphatic rings. The fourth-order valence-corrected chi connectivity index (χ4v) is 2.23. The number of halogens is 1. The minimum atomic E-state index is -1.30. The van der Waals surface area contributed by atoms with Crippen molar-refractivity contribution in [1.82, 2.24) is 5.32 Å². The van der Waals surface area contributed by atoms with Crippen molar-refractivity contribution in [1.29, 1.82) is 0 Å². The van der Waals surface area contributed by atoms with E-state index in [0.29, 0.717) is 13.0 Å². The van der Waals surface area contributed by atoms with Gasteiger partial charge in [-0.05, 0) is 19.4 Å². The minimum absolute atomic E-state index is 0.111. The van der Waals surface area contributed by atoms with E-state index in [9.17, 15) is 4.39 Å². The van der Waals surface area contributed by atoms with Crippen LogP contribution in [0, 0.1) is 6.92 Å². The fraction of sp³-hybridized carbons (Fsp3) is 0.571. The van der Waals surface area contributed by atoms with Crippen LogP contribution in [0.25, 0.3) is 0 Å². The van der Waals surface area contributed by atoms with E-state index in [4.69, 9.17) is 4.74 Å². The zero-order chi connectivity index (χ0) is 12.3. The van der Waals surface area contributed by atoms with Crippen LogP contribution in [0.3, 0.4) is 0 Å². The second-order valence-corrected chi connectivity index (χ2v) is 4.99. The van der Waals surface area contributed by atoms with Gasteiger partial charge in [0.2, 0.25) is 0 Å². The molecular weight excluding hydrogens is 217 g/mol. The number of morpholine rings is 1. The maximum absolute atomic E-state index is 14.6. The van der Waals surface area contributed by atoms with Gasteiger partial charge >= 0.3 is 0 Å². The molecule has 2 unspecified atom stereocenters. The van der Waals surface area contributed by atoms with Crippen molar-refractivity contribution in [2.75, 3.05) is 19.8 Å². The summed E-state index contributed by atoms with van der Waals surface area (Å²) >= 11 is 0. The largest absolute Gasteiger partial charge is 0.379 e. The Morgan fingerprint density at radius 2 is 2.12 bits per heavy atom. The van der Waals surface area contributed by atoms with Crippen molar-refractivity contribution in [3.05, 3.63) is 35.4 Å². The molecule has 1 aromatic rings. The number of nitrogens with one attached hydrogen (secondary N) is 1. The molecule has 1 fully saturated rings. The molecule has 94 valence electrons. The summed E-state index contributed by atoms with van der Waals surface area (Å²) in [5, 5.41) is 3.29. The van der Waals surface area contributed by atoms with Crippen LogP contribution in [0.15, 0.2) is 24.3 Å². The van der Waals surface area contributed by atoms with Crippen LogP contribution in [0.1, 0.15) is 24.5 Å². The van der Waals surface area contributed by atoms with E-state index in [1.807, 2.05) is 31.2 Å². The van der Waals surface area contributed by atoms with Crippen LogP contribution in [0.4, 0.5) is 4.39 Å². The van der Waals surface area contributed by atoms with Gasteiger partial charge in [0.25, 0.3) is 0 Å². The van der Waals surface area contributed by atoms with E-state index in [0.717, 1.165) is 24.3 Å². The molecule has 0 aromatic heterocycles. The SMILES string of the molecule is Cc1ccc(C(C)(F)CC2COCCN2)cc1. The lowest BCUT2D eigenvalue weighted by Crippen LogP contribution is -2.44. The highest BCUT2D eigenvalue weighted by Crippen LogP contribution is 2.31. The van der Waals surface area contributed by atoms with Crippen molar-refractivity contribution in [3.63, 3.8) is 0 Å². The normalized spacial score (nSPS) is 24.3. The Hall–Kier alpha value is -0.930. The highest BCUT2D eigenvalue weighted by Gasteiger charge is 2.30. The highest BCUT2D eigenvalue weighted by molar-refractivity contribution is 5.26. The molecule has 0 bridgehead atoms. The maximum Gasteiger partial charge on any atom is 0.134 e. The molecule has 1 heterocycles.